The van der Waals surface area contributed by atoms with Gasteiger partial charge < -0.3 is 0 Å². The highest BCUT2D eigenvalue weighted by molar-refractivity contribution is 7.81. The molecule has 0 aromatic carbocycles. The van der Waals surface area contributed by atoms with Crippen molar-refractivity contribution in [3.8, 4) is 0 Å². The Morgan fingerprint density at radius 3 is 2.16 bits per heavy atom. The quantitative estimate of drug-likeness (QED) is 0.795. The van der Waals surface area contributed by atoms with E-state index in [1.54, 1.807) is 0 Å². The normalized spacial score (nSPS) is 13.1. The number of aromatic nitrogens is 1. The highest BCUT2D eigenvalue weighted by Gasteiger charge is 2.36. The van der Waals surface area contributed by atoms with Crippen LogP contribution in [0.15, 0.2) is 18.2 Å². The van der Waals surface area contributed by atoms with E-state index in [1.165, 1.54) is 0 Å². The monoisotopic (exact) mass is 280 g/mol. The van der Waals surface area contributed by atoms with Crippen molar-refractivity contribution in [3.05, 3.63) is 29.6 Å². The van der Waals surface area contributed by atoms with Crippen LogP contribution in [-0.2, 0) is 12.0 Å². The molecule has 0 aliphatic carbocycles. The van der Waals surface area contributed by atoms with Gasteiger partial charge in [-0.25, -0.2) is 0 Å². The van der Waals surface area contributed by atoms with E-state index in [-0.39, 0.29) is 10.2 Å². The van der Waals surface area contributed by atoms with Gasteiger partial charge in [0, 0.05) is 22.4 Å². The predicted molar refractivity (Wildman–Crippen MR) is 87.0 cm³/mol. The molecule has 108 valence electrons. The molecule has 0 saturated heterocycles. The van der Waals surface area contributed by atoms with Gasteiger partial charge in [-0.1, -0.05) is 47.6 Å². The second-order valence-electron chi connectivity index (χ2n) is 6.16. The van der Waals surface area contributed by atoms with Gasteiger partial charge in [0.15, 0.2) is 0 Å². The molecule has 0 atom stereocenters. The highest BCUT2D eigenvalue weighted by atomic mass is 32.1. The number of hydrogen-bond acceptors (Lipinski definition) is 3. The summed E-state index contributed by atoms with van der Waals surface area (Å²) < 4.78 is -0.103. The van der Waals surface area contributed by atoms with Crippen molar-refractivity contribution in [3.63, 3.8) is 0 Å². The van der Waals surface area contributed by atoms with E-state index in [9.17, 15) is 0 Å². The number of rotatable bonds is 6. The van der Waals surface area contributed by atoms with Gasteiger partial charge in [-0.05, 0) is 25.2 Å². The minimum Gasteiger partial charge on any atom is -0.298 e. The third-order valence-corrected chi connectivity index (χ3v) is 4.82. The molecule has 0 aliphatic heterocycles. The van der Waals surface area contributed by atoms with Crippen LogP contribution in [0.3, 0.4) is 0 Å². The Kier molecular flexibility index (Phi) is 5.45. The zero-order valence-corrected chi connectivity index (χ0v) is 14.1. The third-order valence-electron chi connectivity index (χ3n) is 4.26. The SMILES string of the molecule is CCN(CC)Cc1cccc(C(C)(C)C(C)(C)S)n1. The van der Waals surface area contributed by atoms with E-state index in [1.807, 2.05) is 0 Å². The van der Waals surface area contributed by atoms with Gasteiger partial charge in [-0.3, -0.25) is 9.88 Å². The van der Waals surface area contributed by atoms with Gasteiger partial charge in [0.05, 0.1) is 5.69 Å². The fourth-order valence-corrected chi connectivity index (χ4v) is 2.02. The van der Waals surface area contributed by atoms with Gasteiger partial charge >= 0.3 is 0 Å². The highest BCUT2D eigenvalue weighted by Crippen LogP contribution is 2.37. The van der Waals surface area contributed by atoms with Crippen LogP contribution in [0.1, 0.15) is 52.9 Å². The van der Waals surface area contributed by atoms with Gasteiger partial charge in [-0.15, -0.1) is 0 Å². The van der Waals surface area contributed by atoms with E-state index in [0.717, 1.165) is 31.0 Å². The molecule has 0 radical (unpaired) electrons. The maximum Gasteiger partial charge on any atom is 0.0547 e. The Bertz CT molecular complexity index is 403. The number of nitrogens with zero attached hydrogens (tertiary/aromatic N) is 2. The van der Waals surface area contributed by atoms with Crippen molar-refractivity contribution in [2.45, 2.75) is 58.2 Å². The van der Waals surface area contributed by atoms with Crippen LogP contribution < -0.4 is 0 Å². The first-order valence-corrected chi connectivity index (χ1v) is 7.58. The van der Waals surface area contributed by atoms with Gasteiger partial charge in [0.2, 0.25) is 0 Å². The molecule has 1 heterocycles. The molecule has 0 spiro atoms. The Balaban J connectivity index is 3.01. The van der Waals surface area contributed by atoms with E-state index >= 15 is 0 Å². The zero-order valence-electron chi connectivity index (χ0n) is 13.2. The summed E-state index contributed by atoms with van der Waals surface area (Å²) in [6, 6.07) is 6.34. The van der Waals surface area contributed by atoms with Crippen LogP contribution in [0.25, 0.3) is 0 Å². The molecule has 0 bridgehead atoms. The van der Waals surface area contributed by atoms with Crippen LogP contribution in [0.4, 0.5) is 0 Å². The van der Waals surface area contributed by atoms with Gasteiger partial charge in [0.1, 0.15) is 0 Å². The number of pyridine rings is 1. The third kappa shape index (κ3) is 3.96. The molecule has 19 heavy (non-hydrogen) atoms. The molecule has 1 rings (SSSR count). The fourth-order valence-electron chi connectivity index (χ4n) is 1.91. The lowest BCUT2D eigenvalue weighted by Crippen LogP contribution is -2.39. The summed E-state index contributed by atoms with van der Waals surface area (Å²) in [5.41, 5.74) is 2.21. The van der Waals surface area contributed by atoms with Crippen molar-refractivity contribution < 1.29 is 0 Å². The molecule has 0 amide bonds. The summed E-state index contributed by atoms with van der Waals surface area (Å²) in [6.45, 7) is 16.1. The molecule has 0 N–H and O–H groups in total. The van der Waals surface area contributed by atoms with Crippen LogP contribution in [0.2, 0.25) is 0 Å². The molecule has 0 unspecified atom stereocenters. The van der Waals surface area contributed by atoms with Crippen LogP contribution in [0.5, 0.6) is 0 Å². The maximum absolute atomic E-state index is 4.86. The van der Waals surface area contributed by atoms with Crippen molar-refractivity contribution in [2.24, 2.45) is 0 Å². The molecule has 1 aromatic heterocycles. The number of thiol groups is 1. The minimum atomic E-state index is -0.103. The zero-order chi connectivity index (χ0) is 14.7. The number of hydrogen-bond donors (Lipinski definition) is 1. The summed E-state index contributed by atoms with van der Waals surface area (Å²) in [7, 11) is 0. The van der Waals surface area contributed by atoms with E-state index in [0.29, 0.717) is 0 Å². The molecule has 0 aliphatic rings. The lowest BCUT2D eigenvalue weighted by molar-refractivity contribution is 0.291. The van der Waals surface area contributed by atoms with Gasteiger partial charge in [0.25, 0.3) is 0 Å². The average molecular weight is 280 g/mol. The second-order valence-corrected chi connectivity index (χ2v) is 7.28. The Hall–Kier alpha value is -0.540. The first-order valence-electron chi connectivity index (χ1n) is 7.13. The van der Waals surface area contributed by atoms with Crippen LogP contribution in [0, 0.1) is 0 Å². The average Bonchev–Trinajstić information content (AvgIpc) is 2.35. The summed E-state index contributed by atoms with van der Waals surface area (Å²) in [5, 5.41) is 0. The Morgan fingerprint density at radius 1 is 1.11 bits per heavy atom. The lowest BCUT2D eigenvalue weighted by Gasteiger charge is -2.37. The fraction of sp³-hybridized carbons (Fsp3) is 0.688. The second kappa shape index (κ2) is 6.27. The molecule has 0 saturated carbocycles. The van der Waals surface area contributed by atoms with Crippen molar-refractivity contribution in [2.75, 3.05) is 13.1 Å². The summed E-state index contributed by atoms with van der Waals surface area (Å²) in [5.74, 6) is 0. The molecule has 2 nitrogen and oxygen atoms in total. The lowest BCUT2D eigenvalue weighted by atomic mass is 9.77. The standard InChI is InChI=1S/C16H28N2S/c1-7-18(8-2)12-13-10-9-11-14(17-13)15(3,4)16(5,6)19/h9-11,19H,7-8,12H2,1-6H3. The smallest absolute Gasteiger partial charge is 0.0547 e. The summed E-state index contributed by atoms with van der Waals surface area (Å²) in [6.07, 6.45) is 0. The van der Waals surface area contributed by atoms with Crippen molar-refractivity contribution in [1.82, 2.24) is 9.88 Å². The van der Waals surface area contributed by atoms with E-state index in [2.05, 4.69) is 64.6 Å². The predicted octanol–water partition coefficient (Wildman–Crippen LogP) is 3.91. The van der Waals surface area contributed by atoms with E-state index in [4.69, 9.17) is 17.6 Å². The summed E-state index contributed by atoms with van der Waals surface area (Å²) >= 11 is 4.74. The summed E-state index contributed by atoms with van der Waals surface area (Å²) in [4.78, 5) is 7.24. The Labute approximate surface area is 124 Å². The molecular formula is C16H28N2S. The van der Waals surface area contributed by atoms with E-state index < -0.39 is 0 Å². The van der Waals surface area contributed by atoms with Crippen molar-refractivity contribution >= 4 is 12.6 Å². The Morgan fingerprint density at radius 2 is 1.68 bits per heavy atom. The first-order chi connectivity index (χ1) is 8.72. The van der Waals surface area contributed by atoms with Crippen molar-refractivity contribution in [1.29, 1.82) is 0 Å². The minimum absolute atomic E-state index is 0.0601. The maximum atomic E-state index is 4.86. The molecule has 0 fully saturated rings. The molecule has 1 aromatic rings. The molecular weight excluding hydrogens is 252 g/mol. The van der Waals surface area contributed by atoms with Gasteiger partial charge in [-0.2, -0.15) is 12.6 Å². The van der Waals surface area contributed by atoms with Crippen LogP contribution in [-0.4, -0.2) is 27.7 Å². The first kappa shape index (κ1) is 16.5. The largest absolute Gasteiger partial charge is 0.298 e. The topological polar surface area (TPSA) is 16.1 Å². The van der Waals surface area contributed by atoms with Crippen LogP contribution >= 0.6 is 12.6 Å². The molecule has 3 heteroatoms.